The fourth-order valence-corrected chi connectivity index (χ4v) is 3.22. The summed E-state index contributed by atoms with van der Waals surface area (Å²) in [6, 6.07) is 13.3. The van der Waals surface area contributed by atoms with E-state index >= 15 is 0 Å². The molecule has 6 nitrogen and oxygen atoms in total. The first kappa shape index (κ1) is 20.5. The van der Waals surface area contributed by atoms with E-state index in [1.165, 1.54) is 12.1 Å². The standard InChI is InChI=1S/C22H26FN5O/c1-27(2)15-18-8-5-4-7-17(18)14-25-22(29)26-20(21-24-11-12-28(21)3)16-9-6-10-19(23)13-16/h4-13,20H,14-15H2,1-3H3,(H2,25,26,29). The number of amides is 2. The molecule has 0 aliphatic heterocycles. The van der Waals surface area contributed by atoms with Crippen molar-refractivity contribution in [2.45, 2.75) is 19.1 Å². The molecule has 2 aromatic carbocycles. The molecule has 0 radical (unpaired) electrons. The number of urea groups is 1. The quantitative estimate of drug-likeness (QED) is 0.646. The Morgan fingerprint density at radius 2 is 1.93 bits per heavy atom. The predicted molar refractivity (Wildman–Crippen MR) is 111 cm³/mol. The van der Waals surface area contributed by atoms with Gasteiger partial charge in [0.05, 0.1) is 0 Å². The van der Waals surface area contributed by atoms with Crippen molar-refractivity contribution in [3.05, 3.63) is 89.3 Å². The van der Waals surface area contributed by atoms with Gasteiger partial charge in [-0.3, -0.25) is 0 Å². The van der Waals surface area contributed by atoms with Crippen LogP contribution < -0.4 is 10.6 Å². The van der Waals surface area contributed by atoms with E-state index in [1.54, 1.807) is 24.5 Å². The van der Waals surface area contributed by atoms with Gasteiger partial charge in [-0.25, -0.2) is 14.2 Å². The third-order valence-corrected chi connectivity index (χ3v) is 4.62. The zero-order chi connectivity index (χ0) is 20.8. The molecule has 0 aliphatic rings. The van der Waals surface area contributed by atoms with E-state index in [4.69, 9.17) is 0 Å². The Balaban J connectivity index is 1.74. The van der Waals surface area contributed by atoms with E-state index in [-0.39, 0.29) is 11.8 Å². The summed E-state index contributed by atoms with van der Waals surface area (Å²) < 4.78 is 15.6. The van der Waals surface area contributed by atoms with Gasteiger partial charge in [-0.05, 0) is 42.9 Å². The second kappa shape index (κ2) is 9.34. The van der Waals surface area contributed by atoms with Gasteiger partial charge in [-0.2, -0.15) is 0 Å². The molecule has 0 aliphatic carbocycles. The maximum atomic E-state index is 13.8. The molecule has 1 aromatic heterocycles. The summed E-state index contributed by atoms with van der Waals surface area (Å²) in [6.07, 6.45) is 3.44. The van der Waals surface area contributed by atoms with Crippen LogP contribution in [0.1, 0.15) is 28.6 Å². The van der Waals surface area contributed by atoms with E-state index in [2.05, 4.69) is 26.6 Å². The van der Waals surface area contributed by atoms with Crippen LogP contribution in [-0.2, 0) is 20.1 Å². The van der Waals surface area contributed by atoms with Crippen LogP contribution in [0.2, 0.25) is 0 Å². The van der Waals surface area contributed by atoms with Crippen molar-refractivity contribution in [3.8, 4) is 0 Å². The van der Waals surface area contributed by atoms with Gasteiger partial charge in [0.15, 0.2) is 0 Å². The average Bonchev–Trinajstić information content (AvgIpc) is 3.10. The predicted octanol–water partition coefficient (Wildman–Crippen LogP) is 3.21. The largest absolute Gasteiger partial charge is 0.336 e. The number of nitrogens with one attached hydrogen (secondary N) is 2. The highest BCUT2D eigenvalue weighted by molar-refractivity contribution is 5.75. The lowest BCUT2D eigenvalue weighted by atomic mass is 10.1. The van der Waals surface area contributed by atoms with Crippen molar-refractivity contribution < 1.29 is 9.18 Å². The third kappa shape index (κ3) is 5.42. The van der Waals surface area contributed by atoms with Crippen LogP contribution >= 0.6 is 0 Å². The maximum Gasteiger partial charge on any atom is 0.315 e. The second-order valence-electron chi connectivity index (χ2n) is 7.22. The number of carbonyl (C=O) groups is 1. The maximum absolute atomic E-state index is 13.8. The van der Waals surface area contributed by atoms with Gasteiger partial charge in [0.1, 0.15) is 17.7 Å². The van der Waals surface area contributed by atoms with Crippen molar-refractivity contribution in [3.63, 3.8) is 0 Å². The first-order valence-electron chi connectivity index (χ1n) is 9.42. The number of rotatable bonds is 7. The van der Waals surface area contributed by atoms with Crippen LogP contribution in [0.25, 0.3) is 0 Å². The highest BCUT2D eigenvalue weighted by Gasteiger charge is 2.21. The van der Waals surface area contributed by atoms with Crippen molar-refractivity contribution in [1.29, 1.82) is 0 Å². The molecule has 29 heavy (non-hydrogen) atoms. The minimum absolute atomic E-state index is 0.345. The lowest BCUT2D eigenvalue weighted by molar-refractivity contribution is 0.237. The van der Waals surface area contributed by atoms with Gasteiger partial charge < -0.3 is 20.1 Å². The van der Waals surface area contributed by atoms with Gasteiger partial charge >= 0.3 is 6.03 Å². The summed E-state index contributed by atoms with van der Waals surface area (Å²) in [5.41, 5.74) is 2.83. The van der Waals surface area contributed by atoms with Crippen LogP contribution in [0.4, 0.5) is 9.18 Å². The number of imidazole rings is 1. The smallest absolute Gasteiger partial charge is 0.315 e. The van der Waals surface area contributed by atoms with E-state index < -0.39 is 6.04 Å². The Labute approximate surface area is 170 Å². The highest BCUT2D eigenvalue weighted by Crippen LogP contribution is 2.21. The van der Waals surface area contributed by atoms with Crippen LogP contribution in [-0.4, -0.2) is 34.6 Å². The zero-order valence-electron chi connectivity index (χ0n) is 16.9. The van der Waals surface area contributed by atoms with Crippen molar-refractivity contribution >= 4 is 6.03 Å². The Kier molecular flexibility index (Phi) is 6.61. The van der Waals surface area contributed by atoms with Crippen LogP contribution in [0, 0.1) is 5.82 Å². The fourth-order valence-electron chi connectivity index (χ4n) is 3.22. The summed E-state index contributed by atoms with van der Waals surface area (Å²) in [6.45, 7) is 1.19. The Morgan fingerprint density at radius 3 is 2.59 bits per heavy atom. The summed E-state index contributed by atoms with van der Waals surface area (Å²) in [7, 11) is 5.85. The van der Waals surface area contributed by atoms with Crippen LogP contribution in [0.3, 0.4) is 0 Å². The Hall–Kier alpha value is -3.19. The zero-order valence-corrected chi connectivity index (χ0v) is 16.9. The first-order valence-corrected chi connectivity index (χ1v) is 9.42. The van der Waals surface area contributed by atoms with Gasteiger partial charge in [-0.15, -0.1) is 0 Å². The van der Waals surface area contributed by atoms with Gasteiger partial charge in [0.2, 0.25) is 0 Å². The molecule has 7 heteroatoms. The Morgan fingerprint density at radius 1 is 1.17 bits per heavy atom. The molecule has 3 rings (SSSR count). The first-order chi connectivity index (χ1) is 13.9. The van der Waals surface area contributed by atoms with Gasteiger partial charge in [-0.1, -0.05) is 36.4 Å². The van der Waals surface area contributed by atoms with Crippen molar-refractivity contribution in [1.82, 2.24) is 25.1 Å². The lowest BCUT2D eigenvalue weighted by Crippen LogP contribution is -2.39. The molecule has 2 amide bonds. The molecule has 0 spiro atoms. The molecule has 1 heterocycles. The van der Waals surface area contributed by atoms with Crippen LogP contribution in [0.5, 0.6) is 0 Å². The van der Waals surface area contributed by atoms with Gasteiger partial charge in [0.25, 0.3) is 0 Å². The highest BCUT2D eigenvalue weighted by atomic mass is 19.1. The summed E-state index contributed by atoms with van der Waals surface area (Å²) in [5.74, 6) is 0.264. The average molecular weight is 395 g/mol. The van der Waals surface area contributed by atoms with E-state index in [1.807, 2.05) is 43.9 Å². The van der Waals surface area contributed by atoms with E-state index in [0.717, 1.165) is 17.7 Å². The number of carbonyl (C=O) groups excluding carboxylic acids is 1. The van der Waals surface area contributed by atoms with E-state index in [0.29, 0.717) is 17.9 Å². The van der Waals surface area contributed by atoms with Crippen LogP contribution in [0.15, 0.2) is 60.9 Å². The number of aromatic nitrogens is 2. The Bertz CT molecular complexity index is 969. The molecular weight excluding hydrogens is 369 g/mol. The molecule has 0 saturated carbocycles. The second-order valence-corrected chi connectivity index (χ2v) is 7.22. The minimum Gasteiger partial charge on any atom is -0.336 e. The number of nitrogens with zero attached hydrogens (tertiary/aromatic N) is 3. The molecule has 152 valence electrons. The summed E-state index contributed by atoms with van der Waals surface area (Å²) in [4.78, 5) is 19.1. The van der Waals surface area contributed by atoms with Crippen molar-refractivity contribution in [2.24, 2.45) is 7.05 Å². The summed E-state index contributed by atoms with van der Waals surface area (Å²) >= 11 is 0. The molecular formula is C22H26FN5O. The third-order valence-electron chi connectivity index (χ3n) is 4.62. The topological polar surface area (TPSA) is 62.2 Å². The summed E-state index contributed by atoms with van der Waals surface area (Å²) in [5, 5.41) is 5.83. The molecule has 1 unspecified atom stereocenters. The fraction of sp³-hybridized carbons (Fsp3) is 0.273. The number of aryl methyl sites for hydroxylation is 1. The van der Waals surface area contributed by atoms with Crippen molar-refractivity contribution in [2.75, 3.05) is 14.1 Å². The minimum atomic E-state index is -0.567. The molecule has 1 atom stereocenters. The molecule has 3 aromatic rings. The number of benzene rings is 2. The van der Waals surface area contributed by atoms with Gasteiger partial charge in [0, 0.05) is 32.5 Å². The SMILES string of the molecule is CN(C)Cc1ccccc1CNC(=O)NC(c1cccc(F)c1)c1nccn1C. The molecule has 2 N–H and O–H groups in total. The number of halogens is 1. The molecule has 0 saturated heterocycles. The lowest BCUT2D eigenvalue weighted by Gasteiger charge is -2.20. The normalized spacial score (nSPS) is 12.0. The molecule has 0 fully saturated rings. The number of hydrogen-bond donors (Lipinski definition) is 2. The van der Waals surface area contributed by atoms with E-state index in [9.17, 15) is 9.18 Å². The monoisotopic (exact) mass is 395 g/mol. The number of hydrogen-bond acceptors (Lipinski definition) is 3. The molecule has 0 bridgehead atoms.